The van der Waals surface area contributed by atoms with Gasteiger partial charge < -0.3 is 14.8 Å². The minimum atomic E-state index is -0.826. The highest BCUT2D eigenvalue weighted by Crippen LogP contribution is 2.45. The number of hydrogen-bond donors (Lipinski definition) is 2. The lowest BCUT2D eigenvalue weighted by Crippen LogP contribution is -2.35. The Hall–Kier alpha value is -2.30. The van der Waals surface area contributed by atoms with Gasteiger partial charge in [-0.15, -0.1) is 0 Å². The van der Waals surface area contributed by atoms with Gasteiger partial charge in [0.2, 0.25) is 5.91 Å². The molecule has 0 bridgehead atoms. The second-order valence-electron chi connectivity index (χ2n) is 6.18. The zero-order chi connectivity index (χ0) is 15.9. The van der Waals surface area contributed by atoms with Gasteiger partial charge in [-0.3, -0.25) is 9.59 Å². The van der Waals surface area contributed by atoms with E-state index in [9.17, 15) is 9.59 Å². The SMILES string of the molecule is Cc1ccc2c(CC(=O)NCC3(C(=O)O)CC3)coc2c1C. The van der Waals surface area contributed by atoms with Crippen molar-refractivity contribution in [2.45, 2.75) is 33.1 Å². The fourth-order valence-corrected chi connectivity index (χ4v) is 2.65. The lowest BCUT2D eigenvalue weighted by Gasteiger charge is -2.10. The third-order valence-corrected chi connectivity index (χ3v) is 4.62. The van der Waals surface area contributed by atoms with Crippen LogP contribution in [-0.2, 0) is 16.0 Å². The predicted molar refractivity (Wildman–Crippen MR) is 81.7 cm³/mol. The number of carbonyl (C=O) groups is 2. The van der Waals surface area contributed by atoms with Crippen molar-refractivity contribution in [3.05, 3.63) is 35.1 Å². The molecule has 2 aromatic rings. The van der Waals surface area contributed by atoms with Crippen molar-refractivity contribution < 1.29 is 19.1 Å². The van der Waals surface area contributed by atoms with Gasteiger partial charge in [0.1, 0.15) is 5.58 Å². The highest BCUT2D eigenvalue weighted by atomic mass is 16.4. The van der Waals surface area contributed by atoms with Crippen LogP contribution in [0.15, 0.2) is 22.8 Å². The van der Waals surface area contributed by atoms with E-state index in [0.717, 1.165) is 27.7 Å². The Balaban J connectivity index is 1.70. The molecule has 0 atom stereocenters. The molecule has 116 valence electrons. The van der Waals surface area contributed by atoms with Crippen LogP contribution in [0, 0.1) is 19.3 Å². The lowest BCUT2D eigenvalue weighted by molar-refractivity contribution is -0.143. The van der Waals surface area contributed by atoms with Gasteiger partial charge in [-0.05, 0) is 37.8 Å². The van der Waals surface area contributed by atoms with E-state index in [4.69, 9.17) is 9.52 Å². The van der Waals surface area contributed by atoms with Crippen LogP contribution >= 0.6 is 0 Å². The minimum absolute atomic E-state index is 0.173. The average molecular weight is 301 g/mol. The minimum Gasteiger partial charge on any atom is -0.481 e. The molecular formula is C17H19NO4. The first-order chi connectivity index (χ1) is 10.4. The summed E-state index contributed by atoms with van der Waals surface area (Å²) in [4.78, 5) is 23.1. The molecule has 0 aliphatic heterocycles. The molecule has 1 aliphatic carbocycles. The van der Waals surface area contributed by atoms with Crippen molar-refractivity contribution in [2.24, 2.45) is 5.41 Å². The van der Waals surface area contributed by atoms with Gasteiger partial charge in [0.05, 0.1) is 18.1 Å². The second kappa shape index (κ2) is 5.16. The van der Waals surface area contributed by atoms with Crippen molar-refractivity contribution in [1.29, 1.82) is 0 Å². The standard InChI is InChI=1S/C17H19NO4/c1-10-3-4-13-12(8-22-15(13)11(10)2)7-14(19)18-9-17(5-6-17)16(20)21/h3-4,8H,5-7,9H2,1-2H3,(H,18,19)(H,20,21). The van der Waals surface area contributed by atoms with Crippen LogP contribution in [-0.4, -0.2) is 23.5 Å². The van der Waals surface area contributed by atoms with E-state index in [1.165, 1.54) is 0 Å². The first-order valence-corrected chi connectivity index (χ1v) is 7.39. The van der Waals surface area contributed by atoms with Crippen LogP contribution < -0.4 is 5.32 Å². The van der Waals surface area contributed by atoms with Crippen LogP contribution in [0.4, 0.5) is 0 Å². The Labute approximate surface area is 128 Å². The number of aliphatic carboxylic acids is 1. The highest BCUT2D eigenvalue weighted by molar-refractivity contribution is 5.90. The number of carbonyl (C=O) groups excluding carboxylic acids is 1. The summed E-state index contributed by atoms with van der Waals surface area (Å²) in [5.74, 6) is -0.999. The first kappa shape index (κ1) is 14.6. The second-order valence-corrected chi connectivity index (χ2v) is 6.18. The molecule has 1 amide bonds. The number of aryl methyl sites for hydroxylation is 2. The zero-order valence-electron chi connectivity index (χ0n) is 12.7. The molecule has 1 heterocycles. The number of carboxylic acid groups (broad SMARTS) is 1. The summed E-state index contributed by atoms with van der Waals surface area (Å²) in [5, 5.41) is 12.8. The number of furan rings is 1. The molecule has 0 unspecified atom stereocenters. The van der Waals surface area contributed by atoms with Crippen molar-refractivity contribution in [2.75, 3.05) is 6.54 Å². The van der Waals surface area contributed by atoms with E-state index >= 15 is 0 Å². The summed E-state index contributed by atoms with van der Waals surface area (Å²) in [6.45, 7) is 4.22. The third-order valence-electron chi connectivity index (χ3n) is 4.62. The van der Waals surface area contributed by atoms with Gasteiger partial charge in [-0.1, -0.05) is 12.1 Å². The molecule has 0 spiro atoms. The molecule has 22 heavy (non-hydrogen) atoms. The van der Waals surface area contributed by atoms with Gasteiger partial charge >= 0.3 is 5.97 Å². The normalized spacial score (nSPS) is 15.7. The molecule has 1 aromatic heterocycles. The predicted octanol–water partition coefficient (Wildman–Crippen LogP) is 2.57. The average Bonchev–Trinajstić information content (AvgIpc) is 3.18. The van der Waals surface area contributed by atoms with Crippen LogP contribution in [0.1, 0.15) is 29.5 Å². The maximum Gasteiger partial charge on any atom is 0.311 e. The molecular weight excluding hydrogens is 282 g/mol. The number of fused-ring (bicyclic) bond motifs is 1. The van der Waals surface area contributed by atoms with Crippen LogP contribution in [0.2, 0.25) is 0 Å². The van der Waals surface area contributed by atoms with Gasteiger partial charge in [0.15, 0.2) is 0 Å². The molecule has 0 saturated heterocycles. The highest BCUT2D eigenvalue weighted by Gasteiger charge is 2.50. The van der Waals surface area contributed by atoms with E-state index in [-0.39, 0.29) is 18.9 Å². The molecule has 5 nitrogen and oxygen atoms in total. The number of rotatable bonds is 5. The molecule has 2 N–H and O–H groups in total. The Morgan fingerprint density at radius 3 is 2.68 bits per heavy atom. The quantitative estimate of drug-likeness (QED) is 0.889. The van der Waals surface area contributed by atoms with E-state index < -0.39 is 11.4 Å². The summed E-state index contributed by atoms with van der Waals surface area (Å²) in [7, 11) is 0. The molecule has 1 aliphatic rings. The number of amides is 1. The summed E-state index contributed by atoms with van der Waals surface area (Å²) < 4.78 is 5.58. The molecule has 1 aromatic carbocycles. The Kier molecular flexibility index (Phi) is 3.43. The topological polar surface area (TPSA) is 79.5 Å². The zero-order valence-corrected chi connectivity index (χ0v) is 12.7. The lowest BCUT2D eigenvalue weighted by atomic mass is 10.0. The Bertz CT molecular complexity index is 755. The molecule has 5 heteroatoms. The maximum atomic E-state index is 12.1. The Morgan fingerprint density at radius 1 is 1.32 bits per heavy atom. The summed E-state index contributed by atoms with van der Waals surface area (Å²) in [6, 6.07) is 3.97. The first-order valence-electron chi connectivity index (χ1n) is 7.39. The van der Waals surface area contributed by atoms with Crippen molar-refractivity contribution in [3.8, 4) is 0 Å². The van der Waals surface area contributed by atoms with Crippen molar-refractivity contribution >= 4 is 22.8 Å². The largest absolute Gasteiger partial charge is 0.481 e. The molecule has 1 fully saturated rings. The van der Waals surface area contributed by atoms with Gasteiger partial charge in [0.25, 0.3) is 0 Å². The van der Waals surface area contributed by atoms with E-state index in [1.54, 1.807) is 6.26 Å². The molecule has 1 saturated carbocycles. The van der Waals surface area contributed by atoms with Gasteiger partial charge in [0, 0.05) is 17.5 Å². The smallest absolute Gasteiger partial charge is 0.311 e. The number of nitrogens with one attached hydrogen (secondary N) is 1. The number of carboxylic acids is 1. The monoisotopic (exact) mass is 301 g/mol. The number of benzene rings is 1. The van der Waals surface area contributed by atoms with Crippen molar-refractivity contribution in [3.63, 3.8) is 0 Å². The van der Waals surface area contributed by atoms with Crippen LogP contribution in [0.25, 0.3) is 11.0 Å². The van der Waals surface area contributed by atoms with Crippen LogP contribution in [0.3, 0.4) is 0 Å². The van der Waals surface area contributed by atoms with E-state index in [1.807, 2.05) is 26.0 Å². The Morgan fingerprint density at radius 2 is 2.05 bits per heavy atom. The summed E-state index contributed by atoms with van der Waals surface area (Å²) in [5.41, 5.74) is 3.13. The molecule has 3 rings (SSSR count). The van der Waals surface area contributed by atoms with E-state index in [2.05, 4.69) is 5.32 Å². The molecule has 0 radical (unpaired) electrons. The van der Waals surface area contributed by atoms with Gasteiger partial charge in [-0.25, -0.2) is 0 Å². The summed E-state index contributed by atoms with van der Waals surface area (Å²) >= 11 is 0. The van der Waals surface area contributed by atoms with Crippen LogP contribution in [0.5, 0.6) is 0 Å². The third kappa shape index (κ3) is 2.47. The summed E-state index contributed by atoms with van der Waals surface area (Å²) in [6.07, 6.45) is 3.08. The maximum absolute atomic E-state index is 12.1. The fourth-order valence-electron chi connectivity index (χ4n) is 2.65. The van der Waals surface area contributed by atoms with Gasteiger partial charge in [-0.2, -0.15) is 0 Å². The van der Waals surface area contributed by atoms with Crippen molar-refractivity contribution in [1.82, 2.24) is 5.32 Å². The van der Waals surface area contributed by atoms with E-state index in [0.29, 0.717) is 12.8 Å². The number of hydrogen-bond acceptors (Lipinski definition) is 3. The fraction of sp³-hybridized carbons (Fsp3) is 0.412.